The fraction of sp³-hybridized carbons (Fsp3) is 0.216. The first-order valence-electron chi connectivity index (χ1n) is 28.5. The molecule has 78 heavy (non-hydrogen) atoms. The molecule has 0 spiro atoms. The second kappa shape index (κ2) is 30.4. The van der Waals surface area contributed by atoms with Crippen LogP contribution in [-0.4, -0.2) is 36.1 Å². The molecule has 0 aliphatic carbocycles. The molecule has 0 radical (unpaired) electrons. The fourth-order valence-corrected chi connectivity index (χ4v) is 9.14. The predicted molar refractivity (Wildman–Crippen MR) is 344 cm³/mol. The Labute approximate surface area is 467 Å². The summed E-state index contributed by atoms with van der Waals surface area (Å²) in [7, 11) is 0. The van der Waals surface area contributed by atoms with Crippen molar-refractivity contribution in [1.29, 1.82) is 0 Å². The molecule has 2 heterocycles. The van der Waals surface area contributed by atoms with Gasteiger partial charge in [-0.3, -0.25) is 9.97 Å². The topological polar surface area (TPSA) is 32.3 Å². The van der Waals surface area contributed by atoms with Crippen LogP contribution in [0.15, 0.2) is 182 Å². The van der Waals surface area contributed by atoms with Crippen molar-refractivity contribution in [2.75, 3.05) is 36.0 Å². The lowest BCUT2D eigenvalue weighted by molar-refractivity contribution is 0.678. The van der Waals surface area contributed by atoms with E-state index in [1.165, 1.54) is 96.1 Å². The third-order valence-electron chi connectivity index (χ3n) is 14.0. The van der Waals surface area contributed by atoms with Crippen LogP contribution in [0.1, 0.15) is 146 Å². The molecule has 0 bridgehead atoms. The maximum Gasteiger partial charge on any atom is 0.0892 e. The van der Waals surface area contributed by atoms with Crippen LogP contribution >= 0.6 is 0 Å². The van der Waals surface area contributed by atoms with E-state index in [0.717, 1.165) is 70.9 Å². The fourth-order valence-electron chi connectivity index (χ4n) is 9.14. The molecular formula is C74H78N4. The second-order valence-corrected chi connectivity index (χ2v) is 20.2. The quantitative estimate of drug-likeness (QED) is 0.0481. The lowest BCUT2D eigenvalue weighted by Gasteiger charge is -2.24. The summed E-state index contributed by atoms with van der Waals surface area (Å²) in [4.78, 5) is 14.4. The monoisotopic (exact) mass is 1020 g/mol. The molecular weight excluding hydrogens is 945 g/mol. The summed E-state index contributed by atoms with van der Waals surface area (Å²) >= 11 is 0. The van der Waals surface area contributed by atoms with Gasteiger partial charge in [0.2, 0.25) is 0 Å². The maximum absolute atomic E-state index is 4.68. The van der Waals surface area contributed by atoms with Gasteiger partial charge >= 0.3 is 0 Å². The van der Waals surface area contributed by atoms with Crippen molar-refractivity contribution in [2.24, 2.45) is 0 Å². The Morgan fingerprint density at radius 2 is 0.449 bits per heavy atom. The van der Waals surface area contributed by atoms with E-state index >= 15 is 0 Å². The molecule has 394 valence electrons. The van der Waals surface area contributed by atoms with E-state index in [4.69, 9.17) is 0 Å². The van der Waals surface area contributed by atoms with Gasteiger partial charge in [0, 0.05) is 49.9 Å². The highest BCUT2D eigenvalue weighted by Crippen LogP contribution is 2.24. The van der Waals surface area contributed by atoms with Gasteiger partial charge < -0.3 is 9.80 Å². The molecule has 0 aliphatic heterocycles. The van der Waals surface area contributed by atoms with Crippen LogP contribution in [0.5, 0.6) is 0 Å². The summed E-state index contributed by atoms with van der Waals surface area (Å²) in [5.41, 5.74) is 18.2. The average Bonchev–Trinajstić information content (AvgIpc) is 3.50. The Kier molecular flexibility index (Phi) is 21.8. The minimum atomic E-state index is 0.837. The number of hydrogen-bond donors (Lipinski definition) is 0. The van der Waals surface area contributed by atoms with Gasteiger partial charge in [0.05, 0.1) is 11.4 Å². The van der Waals surface area contributed by atoms with Crippen molar-refractivity contribution in [2.45, 2.75) is 79.1 Å². The van der Waals surface area contributed by atoms with Crippen molar-refractivity contribution in [3.63, 3.8) is 0 Å². The minimum Gasteiger partial charge on any atom is -0.372 e. The Balaban J connectivity index is 0.790. The molecule has 0 saturated carbocycles. The molecule has 0 fully saturated rings. The molecule has 4 nitrogen and oxygen atoms in total. The van der Waals surface area contributed by atoms with E-state index in [2.05, 4.69) is 278 Å². The van der Waals surface area contributed by atoms with Crippen molar-refractivity contribution < 1.29 is 0 Å². The van der Waals surface area contributed by atoms with Gasteiger partial charge in [0.15, 0.2) is 0 Å². The van der Waals surface area contributed by atoms with Crippen LogP contribution in [-0.2, 0) is 0 Å². The first-order chi connectivity index (χ1) is 38.4. The number of hydrogen-bond acceptors (Lipinski definition) is 4. The van der Waals surface area contributed by atoms with Crippen molar-refractivity contribution in [3.8, 4) is 11.4 Å². The van der Waals surface area contributed by atoms with Gasteiger partial charge in [0.1, 0.15) is 0 Å². The molecule has 0 amide bonds. The van der Waals surface area contributed by atoms with Crippen LogP contribution in [0.25, 0.3) is 84.3 Å². The molecule has 8 aromatic rings. The van der Waals surface area contributed by atoms with Crippen molar-refractivity contribution in [3.05, 3.63) is 249 Å². The van der Waals surface area contributed by atoms with Gasteiger partial charge in [-0.25, -0.2) is 0 Å². The molecule has 6 aromatic carbocycles. The first-order valence-corrected chi connectivity index (χ1v) is 28.5. The van der Waals surface area contributed by atoms with E-state index in [1.54, 1.807) is 0 Å². The smallest absolute Gasteiger partial charge is 0.0892 e. The second-order valence-electron chi connectivity index (χ2n) is 20.2. The van der Waals surface area contributed by atoms with E-state index in [-0.39, 0.29) is 0 Å². The molecule has 0 N–H and O–H groups in total. The summed E-state index contributed by atoms with van der Waals surface area (Å²) in [6.45, 7) is 13.6. The molecule has 8 rings (SSSR count). The van der Waals surface area contributed by atoms with Crippen LogP contribution in [0.4, 0.5) is 11.4 Å². The number of nitrogens with zero attached hydrogens (tertiary/aromatic N) is 4. The molecule has 0 aliphatic rings. The highest BCUT2D eigenvalue weighted by Gasteiger charge is 2.08. The normalized spacial score (nSPS) is 11.9. The Morgan fingerprint density at radius 1 is 0.256 bits per heavy atom. The molecule has 2 aromatic heterocycles. The van der Waals surface area contributed by atoms with Crippen LogP contribution in [0.3, 0.4) is 0 Å². The molecule has 0 atom stereocenters. The van der Waals surface area contributed by atoms with Gasteiger partial charge in [0.25, 0.3) is 0 Å². The number of aromatic nitrogens is 2. The summed E-state index contributed by atoms with van der Waals surface area (Å²) < 4.78 is 0. The third-order valence-corrected chi connectivity index (χ3v) is 14.0. The summed E-state index contributed by atoms with van der Waals surface area (Å²) in [6.07, 6.45) is 39.5. The Morgan fingerprint density at radius 3 is 0.654 bits per heavy atom. The zero-order chi connectivity index (χ0) is 54.0. The van der Waals surface area contributed by atoms with Gasteiger partial charge in [-0.05, 0) is 141 Å². The standard InChI is InChI=1S/C74H78N4/c1-5-9-53-77(54-10-6-2)71-45-41-67(42-46-71)35-33-63-21-17-59(18-22-63)13-15-61-25-29-65(30-26-61)37-39-69-49-51-75-73(57-69)74-58-70(50-52-76-74)40-38-66-31-27-62(28-32-66)16-14-60-19-23-64(24-20-60)34-36-68-43-47-72(48-44-68)78(55-11-7-3)56-12-8-4/h13-52,57-58H,5-12,53-56H2,1-4H3/b15-13+,16-14+,35-33+,36-34+,39-37+,40-38+. The largest absolute Gasteiger partial charge is 0.372 e. The Hall–Kier alpha value is -8.34. The molecule has 0 unspecified atom stereocenters. The van der Waals surface area contributed by atoms with Crippen molar-refractivity contribution in [1.82, 2.24) is 9.97 Å². The SMILES string of the molecule is CCCCN(CCCC)c1ccc(/C=C/c2ccc(/C=C/c3ccc(/C=C/c4ccnc(-c5cc(/C=C/c6ccc(/C=C/c7ccc(/C=C/c8ccc(N(CCCC)CCCC)cc8)cc7)cc6)ccn5)c4)cc3)cc2)cc1. The molecule has 0 saturated heterocycles. The van der Waals surface area contributed by atoms with E-state index in [9.17, 15) is 0 Å². The highest BCUT2D eigenvalue weighted by atomic mass is 15.1. The maximum atomic E-state index is 4.68. The van der Waals surface area contributed by atoms with E-state index in [0.29, 0.717) is 0 Å². The summed E-state index contributed by atoms with van der Waals surface area (Å²) in [5, 5.41) is 0. The number of unbranched alkanes of at least 4 members (excludes halogenated alkanes) is 4. The van der Waals surface area contributed by atoms with E-state index in [1.807, 2.05) is 24.5 Å². The average molecular weight is 1020 g/mol. The molecule has 4 heteroatoms. The zero-order valence-corrected chi connectivity index (χ0v) is 46.5. The lowest BCUT2D eigenvalue weighted by atomic mass is 10.1. The van der Waals surface area contributed by atoms with Gasteiger partial charge in [-0.2, -0.15) is 0 Å². The number of rotatable bonds is 27. The summed E-state index contributed by atoms with van der Waals surface area (Å²) in [5.74, 6) is 0. The number of benzene rings is 6. The minimum absolute atomic E-state index is 0.837. The van der Waals surface area contributed by atoms with Crippen LogP contribution in [0, 0.1) is 0 Å². The van der Waals surface area contributed by atoms with Crippen LogP contribution < -0.4 is 9.80 Å². The highest BCUT2D eigenvalue weighted by molar-refractivity contribution is 5.78. The van der Waals surface area contributed by atoms with Crippen LogP contribution in [0.2, 0.25) is 0 Å². The van der Waals surface area contributed by atoms with E-state index < -0.39 is 0 Å². The third kappa shape index (κ3) is 17.9. The lowest BCUT2D eigenvalue weighted by Crippen LogP contribution is -2.25. The van der Waals surface area contributed by atoms with Crippen molar-refractivity contribution >= 4 is 84.3 Å². The number of pyridine rings is 2. The summed E-state index contributed by atoms with van der Waals surface area (Å²) in [6, 6.07) is 61.0. The van der Waals surface area contributed by atoms with Gasteiger partial charge in [-0.15, -0.1) is 0 Å². The Bertz CT molecular complexity index is 2990. The van der Waals surface area contributed by atoms with Gasteiger partial charge in [-0.1, -0.05) is 248 Å². The number of anilines is 2. The zero-order valence-electron chi connectivity index (χ0n) is 46.5. The predicted octanol–water partition coefficient (Wildman–Crippen LogP) is 20.0. The first kappa shape index (κ1) is 55.9.